The Bertz CT molecular complexity index is 681. The zero-order valence-corrected chi connectivity index (χ0v) is 13.5. The van der Waals surface area contributed by atoms with Crippen LogP contribution in [0.2, 0.25) is 0 Å². The van der Waals surface area contributed by atoms with Crippen molar-refractivity contribution >= 4 is 11.7 Å². The Morgan fingerprint density at radius 3 is 2.65 bits per heavy atom. The van der Waals surface area contributed by atoms with E-state index in [0.717, 1.165) is 31.7 Å². The van der Waals surface area contributed by atoms with E-state index < -0.39 is 5.97 Å². The zero-order chi connectivity index (χ0) is 16.4. The van der Waals surface area contributed by atoms with Crippen LogP contribution in [-0.4, -0.2) is 41.7 Å². The van der Waals surface area contributed by atoms with Crippen molar-refractivity contribution in [3.8, 4) is 0 Å². The van der Waals surface area contributed by atoms with Crippen LogP contribution in [0.15, 0.2) is 40.8 Å². The van der Waals surface area contributed by atoms with E-state index in [1.165, 1.54) is 5.69 Å². The Balaban J connectivity index is 1.65. The van der Waals surface area contributed by atoms with Gasteiger partial charge in [0.1, 0.15) is 5.76 Å². The molecular formula is C18H22N2O3. The van der Waals surface area contributed by atoms with Crippen molar-refractivity contribution in [1.82, 2.24) is 4.90 Å². The molecule has 23 heavy (non-hydrogen) atoms. The minimum Gasteiger partial charge on any atom is -0.475 e. The number of rotatable bonds is 4. The maximum atomic E-state index is 11.0. The molecule has 1 fully saturated rings. The molecular weight excluding hydrogens is 292 g/mol. The van der Waals surface area contributed by atoms with Crippen molar-refractivity contribution in [3.63, 3.8) is 0 Å². The van der Waals surface area contributed by atoms with Crippen molar-refractivity contribution in [3.05, 3.63) is 53.5 Å². The van der Waals surface area contributed by atoms with E-state index in [1.807, 2.05) is 13.0 Å². The summed E-state index contributed by atoms with van der Waals surface area (Å²) in [5.41, 5.74) is 2.22. The molecule has 1 aliphatic heterocycles. The first-order valence-electron chi connectivity index (χ1n) is 7.91. The van der Waals surface area contributed by atoms with Crippen molar-refractivity contribution < 1.29 is 14.3 Å². The monoisotopic (exact) mass is 314 g/mol. The molecule has 5 heteroatoms. The second-order valence-electron chi connectivity index (χ2n) is 6.11. The van der Waals surface area contributed by atoms with Crippen molar-refractivity contribution in [2.45, 2.75) is 26.4 Å². The molecule has 1 unspecified atom stereocenters. The SMILES string of the molecule is Cc1oc(C(=O)O)cc1CN1CCN(c2ccccc2)C(C)C1. The average Bonchev–Trinajstić information content (AvgIpc) is 2.90. The quantitative estimate of drug-likeness (QED) is 0.940. The molecule has 0 saturated carbocycles. The summed E-state index contributed by atoms with van der Waals surface area (Å²) < 4.78 is 5.30. The van der Waals surface area contributed by atoms with Gasteiger partial charge < -0.3 is 14.4 Å². The summed E-state index contributed by atoms with van der Waals surface area (Å²) in [6.45, 7) is 7.65. The van der Waals surface area contributed by atoms with E-state index in [9.17, 15) is 4.79 Å². The number of anilines is 1. The second-order valence-corrected chi connectivity index (χ2v) is 6.11. The van der Waals surface area contributed by atoms with Crippen LogP contribution in [-0.2, 0) is 6.54 Å². The van der Waals surface area contributed by atoms with Crippen LogP contribution < -0.4 is 4.90 Å². The normalized spacial score (nSPS) is 19.0. The number of hydrogen-bond donors (Lipinski definition) is 1. The Labute approximate surface area is 136 Å². The largest absolute Gasteiger partial charge is 0.475 e. The number of carboxylic acid groups (broad SMARTS) is 1. The van der Waals surface area contributed by atoms with E-state index in [1.54, 1.807) is 6.07 Å². The molecule has 1 N–H and O–H groups in total. The highest BCUT2D eigenvalue weighted by Gasteiger charge is 2.25. The lowest BCUT2D eigenvalue weighted by atomic mass is 10.1. The van der Waals surface area contributed by atoms with Gasteiger partial charge in [0.15, 0.2) is 0 Å². The topological polar surface area (TPSA) is 56.9 Å². The molecule has 0 amide bonds. The van der Waals surface area contributed by atoms with Gasteiger partial charge in [-0.15, -0.1) is 0 Å². The number of aryl methyl sites for hydroxylation is 1. The number of aromatic carboxylic acids is 1. The van der Waals surface area contributed by atoms with Gasteiger partial charge in [0.25, 0.3) is 0 Å². The predicted molar refractivity (Wildman–Crippen MR) is 88.9 cm³/mol. The smallest absolute Gasteiger partial charge is 0.371 e. The lowest BCUT2D eigenvalue weighted by Gasteiger charge is -2.41. The summed E-state index contributed by atoms with van der Waals surface area (Å²) >= 11 is 0. The predicted octanol–water partition coefficient (Wildman–Crippen LogP) is 3.00. The lowest BCUT2D eigenvalue weighted by molar-refractivity contribution is 0.0661. The van der Waals surface area contributed by atoms with Gasteiger partial charge >= 0.3 is 5.97 Å². The molecule has 0 bridgehead atoms. The van der Waals surface area contributed by atoms with E-state index in [2.05, 4.69) is 41.0 Å². The van der Waals surface area contributed by atoms with Gasteiger partial charge in [-0.2, -0.15) is 0 Å². The summed E-state index contributed by atoms with van der Waals surface area (Å²) in [5.74, 6) is -0.296. The summed E-state index contributed by atoms with van der Waals surface area (Å²) in [6.07, 6.45) is 0. The van der Waals surface area contributed by atoms with Crippen LogP contribution in [0.5, 0.6) is 0 Å². The highest BCUT2D eigenvalue weighted by molar-refractivity contribution is 5.84. The highest BCUT2D eigenvalue weighted by atomic mass is 16.4. The second kappa shape index (κ2) is 6.46. The number of carbonyl (C=O) groups is 1. The molecule has 2 aromatic rings. The molecule has 1 saturated heterocycles. The third-order valence-electron chi connectivity index (χ3n) is 4.42. The van der Waals surface area contributed by atoms with Gasteiger partial charge in [-0.1, -0.05) is 18.2 Å². The standard InChI is InChI=1S/C18H22N2O3/c1-13-11-19(8-9-20(13)16-6-4-3-5-7-16)12-15-10-17(18(21)22)23-14(15)2/h3-7,10,13H,8-9,11-12H2,1-2H3,(H,21,22). The van der Waals surface area contributed by atoms with E-state index >= 15 is 0 Å². The Morgan fingerprint density at radius 1 is 1.30 bits per heavy atom. The van der Waals surface area contributed by atoms with Crippen LogP contribution in [0.25, 0.3) is 0 Å². The van der Waals surface area contributed by atoms with Crippen molar-refractivity contribution in [2.24, 2.45) is 0 Å². The van der Waals surface area contributed by atoms with Gasteiger partial charge in [0, 0.05) is 43.5 Å². The van der Waals surface area contributed by atoms with Crippen LogP contribution >= 0.6 is 0 Å². The molecule has 0 radical (unpaired) electrons. The average molecular weight is 314 g/mol. The molecule has 1 aliphatic rings. The molecule has 0 spiro atoms. The third kappa shape index (κ3) is 3.40. The minimum absolute atomic E-state index is 0.0217. The zero-order valence-electron chi connectivity index (χ0n) is 13.5. The number of piperazine rings is 1. The van der Waals surface area contributed by atoms with Crippen LogP contribution in [0.4, 0.5) is 5.69 Å². The van der Waals surface area contributed by atoms with Crippen LogP contribution in [0, 0.1) is 6.92 Å². The minimum atomic E-state index is -1.01. The molecule has 3 rings (SSSR count). The van der Waals surface area contributed by atoms with E-state index in [0.29, 0.717) is 11.8 Å². The molecule has 1 aromatic carbocycles. The van der Waals surface area contributed by atoms with E-state index in [-0.39, 0.29) is 5.76 Å². The van der Waals surface area contributed by atoms with Gasteiger partial charge in [-0.05, 0) is 32.0 Å². The Morgan fingerprint density at radius 2 is 2.04 bits per heavy atom. The van der Waals surface area contributed by atoms with Gasteiger partial charge in [0.2, 0.25) is 5.76 Å². The number of para-hydroxylation sites is 1. The first-order valence-corrected chi connectivity index (χ1v) is 7.91. The van der Waals surface area contributed by atoms with Gasteiger partial charge in [-0.25, -0.2) is 4.79 Å². The number of hydrogen-bond acceptors (Lipinski definition) is 4. The van der Waals surface area contributed by atoms with Gasteiger partial charge in [0.05, 0.1) is 0 Å². The first kappa shape index (κ1) is 15.6. The van der Waals surface area contributed by atoms with Crippen molar-refractivity contribution in [1.29, 1.82) is 0 Å². The molecule has 122 valence electrons. The molecule has 1 aromatic heterocycles. The Hall–Kier alpha value is -2.27. The van der Waals surface area contributed by atoms with Gasteiger partial charge in [-0.3, -0.25) is 4.90 Å². The number of benzene rings is 1. The maximum absolute atomic E-state index is 11.0. The maximum Gasteiger partial charge on any atom is 0.371 e. The molecule has 5 nitrogen and oxygen atoms in total. The summed E-state index contributed by atoms with van der Waals surface area (Å²) in [6, 6.07) is 12.5. The number of nitrogens with zero attached hydrogens (tertiary/aromatic N) is 2. The number of carboxylic acids is 1. The third-order valence-corrected chi connectivity index (χ3v) is 4.42. The fourth-order valence-electron chi connectivity index (χ4n) is 3.20. The van der Waals surface area contributed by atoms with E-state index in [4.69, 9.17) is 9.52 Å². The lowest BCUT2D eigenvalue weighted by Crippen LogP contribution is -2.51. The van der Waals surface area contributed by atoms with Crippen LogP contribution in [0.3, 0.4) is 0 Å². The highest BCUT2D eigenvalue weighted by Crippen LogP contribution is 2.22. The molecule has 2 heterocycles. The molecule has 1 atom stereocenters. The summed E-state index contributed by atoms with van der Waals surface area (Å²) in [4.78, 5) is 15.8. The fourth-order valence-corrected chi connectivity index (χ4v) is 3.20. The summed E-state index contributed by atoms with van der Waals surface area (Å²) in [7, 11) is 0. The van der Waals surface area contributed by atoms with Crippen LogP contribution in [0.1, 0.15) is 28.8 Å². The first-order chi connectivity index (χ1) is 11.0. The molecule has 0 aliphatic carbocycles. The number of furan rings is 1. The van der Waals surface area contributed by atoms with Crippen molar-refractivity contribution in [2.75, 3.05) is 24.5 Å². The summed E-state index contributed by atoms with van der Waals surface area (Å²) in [5, 5.41) is 9.02. The Kier molecular flexibility index (Phi) is 4.39. The fraction of sp³-hybridized carbons (Fsp3) is 0.389.